The van der Waals surface area contributed by atoms with Crippen molar-refractivity contribution in [1.29, 1.82) is 0 Å². The number of anilines is 3. The monoisotopic (exact) mass is 657 g/mol. The average molecular weight is 658 g/mol. The van der Waals surface area contributed by atoms with E-state index in [4.69, 9.17) is 10.8 Å². The van der Waals surface area contributed by atoms with Crippen LogP contribution in [0, 0.1) is 6.92 Å². The molecule has 256 valence electrons. The molecule has 0 aliphatic rings. The number of carboxylic acid groups (broad SMARTS) is 1. The van der Waals surface area contributed by atoms with Gasteiger partial charge in [0.05, 0.1) is 11.1 Å². The molecular formula is C37H48FN7O3. The lowest BCUT2D eigenvalue weighted by Crippen LogP contribution is -2.21. The number of aromatic nitrogens is 4. The molecule has 10 nitrogen and oxygen atoms in total. The molecule has 11 heteroatoms. The standard InChI is InChI=1S/C26H32N6O.C11H15NO2.FH/c1-4-31(5-2)20-14-12-19(13-15-20)22(33)11-7-6-8-17-32-18(3)29-24-25(32)23-21(30-26(24)27)10-9-16-28-23;1-3-12(4-2)10-7-5-9(6-8-10)11(13)14;/h9-10,12-16H,4-8,11,17H2,1-3H3,(H2,27,30);5-8H,3-4H2,1-2H3,(H,13,14);1H. The summed E-state index contributed by atoms with van der Waals surface area (Å²) in [6, 6.07) is 18.7. The SMILES string of the molecule is CCN(CC)c1ccc(C(=O)CCCCCn2c(C)nc3c(N)nc4cccnc4c32)cc1.CCN(CC)c1ccc(C(=O)O)cc1.F. The number of carbonyl (C=O) groups is 2. The predicted molar refractivity (Wildman–Crippen MR) is 194 cm³/mol. The first kappa shape index (κ1) is 37.4. The largest absolute Gasteiger partial charge is 0.478 e. The van der Waals surface area contributed by atoms with E-state index in [1.807, 2.05) is 55.5 Å². The summed E-state index contributed by atoms with van der Waals surface area (Å²) in [7, 11) is 0. The number of Topliss-reactive ketones (excluding diaryl/α,β-unsaturated/α-hetero) is 1. The Morgan fingerprint density at radius 2 is 1.33 bits per heavy atom. The van der Waals surface area contributed by atoms with Crippen LogP contribution in [0.3, 0.4) is 0 Å². The number of hydrogen-bond acceptors (Lipinski definition) is 8. The fourth-order valence-corrected chi connectivity index (χ4v) is 5.84. The minimum atomic E-state index is -0.879. The summed E-state index contributed by atoms with van der Waals surface area (Å²) < 4.78 is 2.18. The number of pyridine rings is 2. The number of benzene rings is 2. The lowest BCUT2D eigenvalue weighted by atomic mass is 10.0. The minimum Gasteiger partial charge on any atom is -0.478 e. The molecule has 0 aliphatic carbocycles. The number of halogens is 1. The van der Waals surface area contributed by atoms with Gasteiger partial charge in [0, 0.05) is 62.3 Å². The zero-order chi connectivity index (χ0) is 33.9. The highest BCUT2D eigenvalue weighted by molar-refractivity contribution is 6.04. The summed E-state index contributed by atoms with van der Waals surface area (Å²) in [5, 5.41) is 8.72. The van der Waals surface area contributed by atoms with Crippen LogP contribution in [-0.2, 0) is 6.54 Å². The van der Waals surface area contributed by atoms with Gasteiger partial charge in [-0.2, -0.15) is 0 Å². The van der Waals surface area contributed by atoms with Gasteiger partial charge in [-0.05, 0) is 108 Å². The number of nitrogen functional groups attached to an aromatic ring is 1. The molecule has 0 saturated carbocycles. The Labute approximate surface area is 282 Å². The summed E-state index contributed by atoms with van der Waals surface area (Å²) in [6.07, 6.45) is 5.12. The molecule has 5 rings (SSSR count). The Hall–Kier alpha value is -5.06. The third-order valence-corrected chi connectivity index (χ3v) is 8.50. The predicted octanol–water partition coefficient (Wildman–Crippen LogP) is 7.54. The molecule has 0 bridgehead atoms. The first-order valence-electron chi connectivity index (χ1n) is 16.6. The number of unbranched alkanes of at least 4 members (excludes halogenated alkanes) is 2. The Kier molecular flexibility index (Phi) is 13.8. The zero-order valence-corrected chi connectivity index (χ0v) is 28.6. The highest BCUT2D eigenvalue weighted by atomic mass is 19.0. The van der Waals surface area contributed by atoms with Crippen molar-refractivity contribution in [3.8, 4) is 0 Å². The summed E-state index contributed by atoms with van der Waals surface area (Å²) >= 11 is 0. The Balaban J connectivity index is 0.000000351. The maximum absolute atomic E-state index is 12.6. The Morgan fingerprint density at radius 3 is 1.88 bits per heavy atom. The van der Waals surface area contributed by atoms with Crippen LogP contribution in [0.4, 0.5) is 21.9 Å². The number of fused-ring (bicyclic) bond motifs is 3. The van der Waals surface area contributed by atoms with E-state index in [0.717, 1.165) is 91.3 Å². The Morgan fingerprint density at radius 1 is 0.771 bits per heavy atom. The average Bonchev–Trinajstić information content (AvgIpc) is 3.43. The van der Waals surface area contributed by atoms with Crippen LogP contribution in [0.25, 0.3) is 22.1 Å². The van der Waals surface area contributed by atoms with Crippen molar-refractivity contribution in [3.05, 3.63) is 83.8 Å². The van der Waals surface area contributed by atoms with Gasteiger partial charge in [0.25, 0.3) is 0 Å². The molecule has 0 spiro atoms. The van der Waals surface area contributed by atoms with Crippen molar-refractivity contribution in [2.24, 2.45) is 0 Å². The number of hydrogen-bond donors (Lipinski definition) is 2. The van der Waals surface area contributed by atoms with Crippen LogP contribution in [0.5, 0.6) is 0 Å². The van der Waals surface area contributed by atoms with Gasteiger partial charge in [-0.15, -0.1) is 0 Å². The number of carboxylic acids is 1. The summed E-state index contributed by atoms with van der Waals surface area (Å²) in [5.41, 5.74) is 12.8. The molecule has 3 heterocycles. The van der Waals surface area contributed by atoms with Crippen molar-refractivity contribution in [1.82, 2.24) is 19.5 Å². The summed E-state index contributed by atoms with van der Waals surface area (Å²) in [5.74, 6) is 0.668. The molecule has 0 radical (unpaired) electrons. The third-order valence-electron chi connectivity index (χ3n) is 8.50. The third kappa shape index (κ3) is 8.84. The lowest BCUT2D eigenvalue weighted by Gasteiger charge is -2.21. The van der Waals surface area contributed by atoms with Crippen LogP contribution < -0.4 is 15.5 Å². The normalized spacial score (nSPS) is 10.7. The van der Waals surface area contributed by atoms with E-state index in [0.29, 0.717) is 23.3 Å². The van der Waals surface area contributed by atoms with Gasteiger partial charge in [-0.3, -0.25) is 14.5 Å². The molecule has 0 atom stereocenters. The van der Waals surface area contributed by atoms with E-state index >= 15 is 0 Å². The number of imidazole rings is 1. The Bertz CT molecular complexity index is 1780. The van der Waals surface area contributed by atoms with E-state index in [1.54, 1.807) is 18.3 Å². The molecule has 0 amide bonds. The number of nitrogens with two attached hydrogens (primary N) is 1. The number of aromatic carboxylic acids is 1. The second-order valence-electron chi connectivity index (χ2n) is 11.4. The van der Waals surface area contributed by atoms with Gasteiger partial charge in [0.2, 0.25) is 0 Å². The highest BCUT2D eigenvalue weighted by Gasteiger charge is 2.16. The minimum absolute atomic E-state index is 0. The van der Waals surface area contributed by atoms with Crippen molar-refractivity contribution < 1.29 is 19.4 Å². The van der Waals surface area contributed by atoms with E-state index in [-0.39, 0.29) is 10.5 Å². The van der Waals surface area contributed by atoms with Gasteiger partial charge in [0.1, 0.15) is 22.4 Å². The number of aryl methyl sites for hydroxylation is 2. The van der Waals surface area contributed by atoms with Crippen molar-refractivity contribution >= 4 is 51.0 Å². The van der Waals surface area contributed by atoms with Crippen LogP contribution >= 0.6 is 0 Å². The zero-order valence-electron chi connectivity index (χ0n) is 28.6. The summed E-state index contributed by atoms with van der Waals surface area (Å²) in [4.78, 5) is 41.3. The van der Waals surface area contributed by atoms with E-state index in [1.165, 1.54) is 0 Å². The highest BCUT2D eigenvalue weighted by Crippen LogP contribution is 2.27. The van der Waals surface area contributed by atoms with Crippen molar-refractivity contribution in [2.45, 2.75) is 66.8 Å². The molecule has 0 unspecified atom stereocenters. The molecule has 3 N–H and O–H groups in total. The van der Waals surface area contributed by atoms with E-state index in [9.17, 15) is 9.59 Å². The molecule has 5 aromatic rings. The molecule has 0 saturated heterocycles. The second kappa shape index (κ2) is 17.7. The smallest absolute Gasteiger partial charge is 0.335 e. The molecular weight excluding hydrogens is 609 g/mol. The quantitative estimate of drug-likeness (QED) is 0.0918. The van der Waals surface area contributed by atoms with Gasteiger partial charge in [0.15, 0.2) is 11.6 Å². The molecule has 48 heavy (non-hydrogen) atoms. The molecule has 3 aromatic heterocycles. The number of rotatable bonds is 14. The van der Waals surface area contributed by atoms with Crippen molar-refractivity contribution in [2.75, 3.05) is 41.7 Å². The fraction of sp³-hybridized carbons (Fsp3) is 0.378. The number of ketones is 1. The van der Waals surface area contributed by atoms with Gasteiger partial charge >= 0.3 is 5.97 Å². The maximum atomic E-state index is 12.6. The topological polar surface area (TPSA) is 130 Å². The van der Waals surface area contributed by atoms with Crippen LogP contribution in [0.1, 0.15) is 79.9 Å². The number of nitrogens with zero attached hydrogens (tertiary/aromatic N) is 6. The molecule has 2 aromatic carbocycles. The van der Waals surface area contributed by atoms with E-state index < -0.39 is 5.97 Å². The van der Waals surface area contributed by atoms with Crippen LogP contribution in [0.2, 0.25) is 0 Å². The van der Waals surface area contributed by atoms with E-state index in [2.05, 4.69) is 57.0 Å². The fourth-order valence-electron chi connectivity index (χ4n) is 5.84. The molecule has 0 aliphatic heterocycles. The van der Waals surface area contributed by atoms with Crippen LogP contribution in [0.15, 0.2) is 66.9 Å². The van der Waals surface area contributed by atoms with Crippen LogP contribution in [-0.4, -0.2) is 62.6 Å². The number of carbonyl (C=O) groups excluding carboxylic acids is 1. The summed E-state index contributed by atoms with van der Waals surface area (Å²) in [6.45, 7) is 15.0. The van der Waals surface area contributed by atoms with Gasteiger partial charge < -0.3 is 25.2 Å². The van der Waals surface area contributed by atoms with Gasteiger partial charge in [-0.25, -0.2) is 14.8 Å². The van der Waals surface area contributed by atoms with Crippen molar-refractivity contribution in [3.63, 3.8) is 0 Å². The first-order valence-corrected chi connectivity index (χ1v) is 16.6. The first-order chi connectivity index (χ1) is 22.7. The molecule has 0 fully saturated rings. The second-order valence-corrected chi connectivity index (χ2v) is 11.4. The maximum Gasteiger partial charge on any atom is 0.335 e. The van der Waals surface area contributed by atoms with Gasteiger partial charge in [-0.1, -0.05) is 6.42 Å². The lowest BCUT2D eigenvalue weighted by molar-refractivity contribution is 0.0696.